The van der Waals surface area contributed by atoms with E-state index < -0.39 is 29.4 Å². The Morgan fingerprint density at radius 2 is 1.95 bits per heavy atom. The number of aliphatic hydroxyl groups is 1. The van der Waals surface area contributed by atoms with Crippen LogP contribution in [0, 0.1) is 11.7 Å². The average Bonchev–Trinajstić information content (AvgIpc) is 2.64. The standard InChI is InChI=1S/C15H19FN2O3/c1-9(2)15(3)13(20)18(14(21)17-15)8-12(19)10-6-4-5-7-11(10)16/h4-7,9,12,19H,8H2,1-3H3,(H,17,21)/t12-,15-/m0/s1. The van der Waals surface area contributed by atoms with Gasteiger partial charge in [-0.25, -0.2) is 9.18 Å². The molecular formula is C15H19FN2O3. The second kappa shape index (κ2) is 5.44. The van der Waals surface area contributed by atoms with Gasteiger partial charge in [0.2, 0.25) is 0 Å². The monoisotopic (exact) mass is 294 g/mol. The van der Waals surface area contributed by atoms with E-state index in [0.29, 0.717) is 0 Å². The van der Waals surface area contributed by atoms with Crippen LogP contribution >= 0.6 is 0 Å². The number of nitrogens with zero attached hydrogens (tertiary/aromatic N) is 1. The lowest BCUT2D eigenvalue weighted by molar-refractivity contribution is -0.133. The van der Waals surface area contributed by atoms with Crippen molar-refractivity contribution in [3.8, 4) is 0 Å². The highest BCUT2D eigenvalue weighted by molar-refractivity contribution is 6.07. The maximum absolute atomic E-state index is 13.6. The normalized spacial score (nSPS) is 23.6. The summed E-state index contributed by atoms with van der Waals surface area (Å²) in [6, 6.07) is 5.19. The van der Waals surface area contributed by atoms with E-state index in [1.807, 2.05) is 13.8 Å². The van der Waals surface area contributed by atoms with Gasteiger partial charge < -0.3 is 10.4 Å². The number of hydrogen-bond donors (Lipinski definition) is 2. The van der Waals surface area contributed by atoms with E-state index in [4.69, 9.17) is 0 Å². The van der Waals surface area contributed by atoms with Crippen molar-refractivity contribution in [2.75, 3.05) is 6.54 Å². The Kier molecular flexibility index (Phi) is 4.00. The van der Waals surface area contributed by atoms with Gasteiger partial charge in [0, 0.05) is 5.56 Å². The number of urea groups is 1. The summed E-state index contributed by atoms with van der Waals surface area (Å²) in [6.45, 7) is 5.03. The molecule has 1 aliphatic rings. The molecule has 114 valence electrons. The molecule has 1 saturated heterocycles. The van der Waals surface area contributed by atoms with E-state index in [-0.39, 0.29) is 18.0 Å². The molecule has 1 aromatic carbocycles. The highest BCUT2D eigenvalue weighted by Gasteiger charge is 2.50. The van der Waals surface area contributed by atoms with Gasteiger partial charge in [-0.05, 0) is 18.9 Å². The van der Waals surface area contributed by atoms with E-state index in [1.165, 1.54) is 18.2 Å². The molecular weight excluding hydrogens is 275 g/mol. The zero-order chi connectivity index (χ0) is 15.8. The summed E-state index contributed by atoms with van der Waals surface area (Å²) in [7, 11) is 0. The number of imide groups is 1. The fourth-order valence-electron chi connectivity index (χ4n) is 2.29. The molecule has 0 spiro atoms. The lowest BCUT2D eigenvalue weighted by atomic mass is 9.88. The minimum absolute atomic E-state index is 0.0660. The van der Waals surface area contributed by atoms with Crippen molar-refractivity contribution >= 4 is 11.9 Å². The molecule has 6 heteroatoms. The van der Waals surface area contributed by atoms with Gasteiger partial charge >= 0.3 is 6.03 Å². The molecule has 0 aromatic heterocycles. The van der Waals surface area contributed by atoms with E-state index in [1.54, 1.807) is 13.0 Å². The third-order valence-corrected chi connectivity index (χ3v) is 4.08. The van der Waals surface area contributed by atoms with Crippen LogP contribution in [0.5, 0.6) is 0 Å². The number of benzene rings is 1. The SMILES string of the molecule is CC(C)[C@]1(C)NC(=O)N(C[C@H](O)c2ccccc2F)C1=O. The van der Waals surface area contributed by atoms with Crippen molar-refractivity contribution in [1.29, 1.82) is 0 Å². The maximum atomic E-state index is 13.6. The number of hydrogen-bond acceptors (Lipinski definition) is 3. The summed E-state index contributed by atoms with van der Waals surface area (Å²) in [5.41, 5.74) is -0.928. The van der Waals surface area contributed by atoms with Crippen LogP contribution < -0.4 is 5.32 Å². The van der Waals surface area contributed by atoms with Gasteiger partial charge in [0.25, 0.3) is 5.91 Å². The van der Waals surface area contributed by atoms with Gasteiger partial charge in [0.15, 0.2) is 0 Å². The molecule has 1 aromatic rings. The molecule has 1 aliphatic heterocycles. The Labute approximate surface area is 122 Å². The first-order valence-electron chi connectivity index (χ1n) is 6.84. The number of nitrogens with one attached hydrogen (secondary N) is 1. The lowest BCUT2D eigenvalue weighted by Gasteiger charge is -2.26. The summed E-state index contributed by atoms with van der Waals surface area (Å²) < 4.78 is 13.6. The van der Waals surface area contributed by atoms with Gasteiger partial charge in [0.05, 0.1) is 12.6 Å². The van der Waals surface area contributed by atoms with Crippen molar-refractivity contribution in [1.82, 2.24) is 10.2 Å². The van der Waals surface area contributed by atoms with E-state index in [2.05, 4.69) is 5.32 Å². The zero-order valence-corrected chi connectivity index (χ0v) is 12.3. The van der Waals surface area contributed by atoms with Crippen LogP contribution in [0.15, 0.2) is 24.3 Å². The first kappa shape index (κ1) is 15.4. The molecule has 0 aliphatic carbocycles. The van der Waals surface area contributed by atoms with Crippen molar-refractivity contribution in [3.05, 3.63) is 35.6 Å². The quantitative estimate of drug-likeness (QED) is 0.832. The molecule has 2 N–H and O–H groups in total. The van der Waals surface area contributed by atoms with Crippen LogP contribution in [0.2, 0.25) is 0 Å². The Bertz CT molecular complexity index is 576. The molecule has 2 rings (SSSR count). The van der Waals surface area contributed by atoms with Crippen LogP contribution in [0.4, 0.5) is 9.18 Å². The lowest BCUT2D eigenvalue weighted by Crippen LogP contribution is -2.48. The molecule has 0 radical (unpaired) electrons. The fourth-order valence-corrected chi connectivity index (χ4v) is 2.29. The highest BCUT2D eigenvalue weighted by Crippen LogP contribution is 2.27. The van der Waals surface area contributed by atoms with Gasteiger partial charge in [0.1, 0.15) is 11.4 Å². The predicted molar refractivity (Wildman–Crippen MR) is 74.8 cm³/mol. The fraction of sp³-hybridized carbons (Fsp3) is 0.467. The molecule has 1 heterocycles. The third-order valence-electron chi connectivity index (χ3n) is 4.08. The second-order valence-electron chi connectivity index (χ2n) is 5.74. The molecule has 2 atom stereocenters. The smallest absolute Gasteiger partial charge is 0.325 e. The maximum Gasteiger partial charge on any atom is 0.325 e. The number of carbonyl (C=O) groups is 2. The van der Waals surface area contributed by atoms with Crippen LogP contribution in [0.3, 0.4) is 0 Å². The Morgan fingerprint density at radius 3 is 2.48 bits per heavy atom. The second-order valence-corrected chi connectivity index (χ2v) is 5.74. The van der Waals surface area contributed by atoms with Crippen LogP contribution in [0.25, 0.3) is 0 Å². The Morgan fingerprint density at radius 1 is 1.33 bits per heavy atom. The van der Waals surface area contributed by atoms with Gasteiger partial charge in [-0.1, -0.05) is 32.0 Å². The van der Waals surface area contributed by atoms with E-state index in [9.17, 15) is 19.1 Å². The molecule has 3 amide bonds. The molecule has 1 fully saturated rings. The van der Waals surface area contributed by atoms with Crippen LogP contribution in [-0.2, 0) is 4.79 Å². The molecule has 0 bridgehead atoms. The largest absolute Gasteiger partial charge is 0.386 e. The van der Waals surface area contributed by atoms with Gasteiger partial charge in [-0.3, -0.25) is 9.69 Å². The minimum Gasteiger partial charge on any atom is -0.386 e. The van der Waals surface area contributed by atoms with E-state index >= 15 is 0 Å². The summed E-state index contributed by atoms with van der Waals surface area (Å²) in [5.74, 6) is -1.06. The topological polar surface area (TPSA) is 69.6 Å². The van der Waals surface area contributed by atoms with Crippen molar-refractivity contribution < 1.29 is 19.1 Å². The van der Waals surface area contributed by atoms with E-state index in [0.717, 1.165) is 4.90 Å². The predicted octanol–water partition coefficient (Wildman–Crippen LogP) is 1.83. The number of carbonyl (C=O) groups excluding carboxylic acids is 2. The van der Waals surface area contributed by atoms with Crippen molar-refractivity contribution in [2.45, 2.75) is 32.4 Å². The Balaban J connectivity index is 2.19. The molecule has 0 saturated carbocycles. The summed E-state index contributed by atoms with van der Waals surface area (Å²) in [6.07, 6.45) is -1.25. The first-order chi connectivity index (χ1) is 9.77. The van der Waals surface area contributed by atoms with Crippen molar-refractivity contribution in [3.63, 3.8) is 0 Å². The highest BCUT2D eigenvalue weighted by atomic mass is 19.1. The number of rotatable bonds is 4. The first-order valence-corrected chi connectivity index (χ1v) is 6.84. The number of aliphatic hydroxyl groups excluding tert-OH is 1. The van der Waals surface area contributed by atoms with Gasteiger partial charge in [-0.2, -0.15) is 0 Å². The van der Waals surface area contributed by atoms with Crippen molar-refractivity contribution in [2.24, 2.45) is 5.92 Å². The third kappa shape index (κ3) is 2.63. The molecule has 21 heavy (non-hydrogen) atoms. The summed E-state index contributed by atoms with van der Waals surface area (Å²) >= 11 is 0. The van der Waals surface area contributed by atoms with Gasteiger partial charge in [-0.15, -0.1) is 0 Å². The number of halogens is 1. The van der Waals surface area contributed by atoms with Crippen LogP contribution in [0.1, 0.15) is 32.4 Å². The Hall–Kier alpha value is -1.95. The average molecular weight is 294 g/mol. The van der Waals surface area contributed by atoms with Crippen LogP contribution in [-0.4, -0.2) is 34.0 Å². The zero-order valence-electron chi connectivity index (χ0n) is 12.3. The summed E-state index contributed by atoms with van der Waals surface area (Å²) in [5, 5.41) is 12.7. The number of amides is 3. The number of β-amino-alcohol motifs (C(OH)–C–C–N with tert-alkyl or cyclic N) is 1. The molecule has 0 unspecified atom stereocenters. The molecule has 5 nitrogen and oxygen atoms in total. The summed E-state index contributed by atoms with van der Waals surface area (Å²) in [4.78, 5) is 25.3. The minimum atomic E-state index is -1.25.